The number of halogens is 1. The van der Waals surface area contributed by atoms with Gasteiger partial charge in [0.1, 0.15) is 23.3 Å². The minimum absolute atomic E-state index is 0. The van der Waals surface area contributed by atoms with Gasteiger partial charge in [-0.25, -0.2) is 13.9 Å². The number of ether oxygens (including phenoxy) is 2. The summed E-state index contributed by atoms with van der Waals surface area (Å²) >= 11 is 0. The second kappa shape index (κ2) is 14.3. The average Bonchev–Trinajstić information content (AvgIpc) is 3.24. The van der Waals surface area contributed by atoms with Crippen LogP contribution < -0.4 is 113 Å². The summed E-state index contributed by atoms with van der Waals surface area (Å²) in [5.41, 5.74) is 0.758. The van der Waals surface area contributed by atoms with E-state index >= 15 is 0 Å². The van der Waals surface area contributed by atoms with Crippen LogP contribution in [-0.4, -0.2) is 40.3 Å². The molecule has 0 bridgehead atoms. The molecule has 12 heteroatoms. The van der Waals surface area contributed by atoms with Crippen LogP contribution in [0.25, 0.3) is 5.69 Å². The summed E-state index contributed by atoms with van der Waals surface area (Å²) in [5, 5.41) is 24.5. The summed E-state index contributed by atoms with van der Waals surface area (Å²) in [5.74, 6) is -1.02. The Kier molecular flexibility index (Phi) is 14.4. The molecule has 0 amide bonds. The number of rotatable bonds is 4. The van der Waals surface area contributed by atoms with Crippen molar-refractivity contribution in [2.45, 2.75) is 25.9 Å². The zero-order valence-electron chi connectivity index (χ0n) is 15.9. The van der Waals surface area contributed by atoms with Crippen molar-refractivity contribution in [3.63, 3.8) is 0 Å². The second-order valence-electron chi connectivity index (χ2n) is 5.16. The van der Waals surface area contributed by atoms with E-state index in [0.29, 0.717) is 12.3 Å². The molecule has 3 rings (SSSR count). The fourth-order valence-electron chi connectivity index (χ4n) is 2.52. The van der Waals surface area contributed by atoms with Crippen molar-refractivity contribution >= 4 is 12.1 Å². The van der Waals surface area contributed by atoms with Gasteiger partial charge >= 0.3 is 109 Å². The third-order valence-electron chi connectivity index (χ3n) is 3.49. The maximum atomic E-state index is 14.1. The van der Waals surface area contributed by atoms with Crippen molar-refractivity contribution in [1.29, 1.82) is 0 Å². The van der Waals surface area contributed by atoms with Crippen molar-refractivity contribution in [3.05, 3.63) is 41.5 Å². The number of para-hydroxylation sites is 1. The predicted octanol–water partition coefficient (Wildman–Crippen LogP) is -6.00. The molecule has 1 aliphatic heterocycles. The molecule has 0 aliphatic carbocycles. The number of carbonyl (C=O) groups excluding carboxylic acids is 2. The smallest absolute Gasteiger partial charge is 0.652 e. The second-order valence-corrected chi connectivity index (χ2v) is 5.16. The Labute approximate surface area is 245 Å². The van der Waals surface area contributed by atoms with Crippen LogP contribution in [-0.2, 0) is 9.47 Å². The van der Waals surface area contributed by atoms with Gasteiger partial charge in [0, 0.05) is 6.61 Å². The maximum absolute atomic E-state index is 14.1. The maximum Gasteiger partial charge on any atom is 1.00 e. The van der Waals surface area contributed by atoms with Gasteiger partial charge in [-0.3, -0.25) is 0 Å². The molecule has 1 atom stereocenters. The number of aromatic nitrogens is 3. The Bertz CT molecular complexity index is 779. The minimum Gasteiger partial charge on any atom is -0.652 e. The van der Waals surface area contributed by atoms with Gasteiger partial charge in [0.15, 0.2) is 5.69 Å². The first-order valence-corrected chi connectivity index (χ1v) is 7.82. The Morgan fingerprint density at radius 1 is 1.32 bits per heavy atom. The molecular formula is C16H16FK2N3O6. The zero-order valence-corrected chi connectivity index (χ0v) is 22.1. The number of carbonyl (C=O) groups is 2. The van der Waals surface area contributed by atoms with Crippen LogP contribution in [0.3, 0.4) is 0 Å². The summed E-state index contributed by atoms with van der Waals surface area (Å²) in [4.78, 5) is 20.4. The zero-order chi connectivity index (χ0) is 19.1. The molecule has 140 valence electrons. The van der Waals surface area contributed by atoms with Gasteiger partial charge in [-0.1, -0.05) is 17.3 Å². The van der Waals surface area contributed by atoms with Crippen molar-refractivity contribution in [2.24, 2.45) is 0 Å². The molecule has 9 nitrogen and oxygen atoms in total. The normalized spacial score (nSPS) is 14.7. The van der Waals surface area contributed by atoms with Crippen molar-refractivity contribution in [1.82, 2.24) is 15.0 Å². The molecule has 0 N–H and O–H groups in total. The van der Waals surface area contributed by atoms with Crippen LogP contribution in [0.15, 0.2) is 24.3 Å². The van der Waals surface area contributed by atoms with E-state index in [1.807, 2.05) is 0 Å². The number of carboxylic acid groups (broad SMARTS) is 2. The van der Waals surface area contributed by atoms with E-state index in [-0.39, 0.29) is 127 Å². The molecule has 1 saturated heterocycles. The van der Waals surface area contributed by atoms with Crippen LogP contribution in [0.4, 0.5) is 9.18 Å². The van der Waals surface area contributed by atoms with Crippen molar-refractivity contribution < 1.29 is 136 Å². The molecule has 0 spiro atoms. The third-order valence-corrected chi connectivity index (χ3v) is 3.49. The molecule has 1 aromatic heterocycles. The Morgan fingerprint density at radius 3 is 2.50 bits per heavy atom. The van der Waals surface area contributed by atoms with E-state index in [0.717, 1.165) is 12.8 Å². The number of esters is 1. The Balaban J connectivity index is 0.00000111. The number of hydrogen-bond donors (Lipinski definition) is 0. The monoisotopic (exact) mass is 443 g/mol. The average molecular weight is 444 g/mol. The van der Waals surface area contributed by atoms with Crippen molar-refractivity contribution in [2.75, 3.05) is 13.2 Å². The largest absolute Gasteiger partial charge is 1.00 e. The fraction of sp³-hybridized carbons (Fsp3) is 0.375. The summed E-state index contributed by atoms with van der Waals surface area (Å²) in [6, 6.07) is 6.20. The predicted molar refractivity (Wildman–Crippen MR) is 80.6 cm³/mol. The third kappa shape index (κ3) is 7.83. The van der Waals surface area contributed by atoms with E-state index < -0.39 is 17.9 Å². The quantitative estimate of drug-likeness (QED) is 0.337. The number of nitrogens with zero attached hydrogens (tertiary/aromatic N) is 3. The molecule has 1 aliphatic rings. The standard InChI is InChI=1S/C15H16FN3O3.CH2O3.2K/c1-2-21-15(20)13-14(12-8-5-9-22-12)19(18-17-13)11-7-4-3-6-10(11)16;2-1(3)4;;/h3-4,6-7,12H,2,5,8-9H2,1H3;(H2,2,3,4);;/q;;2*+1/p-2. The van der Waals surface area contributed by atoms with E-state index in [9.17, 15) is 9.18 Å². The van der Waals surface area contributed by atoms with Gasteiger partial charge in [-0.05, 0) is 38.1 Å². The molecule has 0 radical (unpaired) electrons. The summed E-state index contributed by atoms with van der Waals surface area (Å²) in [7, 11) is 0. The van der Waals surface area contributed by atoms with Crippen LogP contribution in [0.5, 0.6) is 0 Å². The van der Waals surface area contributed by atoms with Crippen LogP contribution in [0, 0.1) is 5.82 Å². The first-order valence-electron chi connectivity index (χ1n) is 7.82. The molecule has 1 fully saturated rings. The van der Waals surface area contributed by atoms with E-state index in [1.54, 1.807) is 25.1 Å². The molecule has 2 heterocycles. The number of benzene rings is 1. The summed E-state index contributed by atoms with van der Waals surface area (Å²) in [6.07, 6.45) is -1.07. The molecule has 0 saturated carbocycles. The summed E-state index contributed by atoms with van der Waals surface area (Å²) in [6.45, 7) is 2.54. The van der Waals surface area contributed by atoms with Gasteiger partial charge in [0.25, 0.3) is 0 Å². The minimum atomic E-state index is -2.33. The van der Waals surface area contributed by atoms with E-state index in [2.05, 4.69) is 10.3 Å². The molecule has 1 unspecified atom stereocenters. The first-order chi connectivity index (χ1) is 12.5. The van der Waals surface area contributed by atoms with Gasteiger partial charge in [-0.15, -0.1) is 5.10 Å². The Hall–Kier alpha value is 0.263. The van der Waals surface area contributed by atoms with Crippen LogP contribution in [0.2, 0.25) is 0 Å². The van der Waals surface area contributed by atoms with Gasteiger partial charge in [0.2, 0.25) is 0 Å². The van der Waals surface area contributed by atoms with Gasteiger partial charge in [0.05, 0.1) is 6.61 Å². The fourth-order valence-corrected chi connectivity index (χ4v) is 2.52. The van der Waals surface area contributed by atoms with Gasteiger partial charge < -0.3 is 24.5 Å². The Morgan fingerprint density at radius 2 is 1.96 bits per heavy atom. The molecule has 2 aromatic rings. The van der Waals surface area contributed by atoms with Crippen molar-refractivity contribution in [3.8, 4) is 5.69 Å². The number of hydrogen-bond acceptors (Lipinski definition) is 8. The SMILES string of the molecule is CCOC(=O)c1nnn(-c2ccccc2F)c1C1CCCO1.O=C([O-])[O-].[K+].[K+]. The molecule has 28 heavy (non-hydrogen) atoms. The van der Waals surface area contributed by atoms with Crippen LogP contribution >= 0.6 is 0 Å². The molecular weight excluding hydrogens is 427 g/mol. The topological polar surface area (TPSA) is 129 Å². The van der Waals surface area contributed by atoms with Gasteiger partial charge in [-0.2, -0.15) is 0 Å². The molecule has 1 aromatic carbocycles. The van der Waals surface area contributed by atoms with E-state index in [1.165, 1.54) is 10.7 Å². The summed E-state index contributed by atoms with van der Waals surface area (Å²) < 4.78 is 26.0. The van der Waals surface area contributed by atoms with Crippen LogP contribution in [0.1, 0.15) is 42.1 Å². The first kappa shape index (κ1) is 28.3. The van der Waals surface area contributed by atoms with E-state index in [4.69, 9.17) is 24.5 Å².